The molecule has 0 heterocycles. The van der Waals surface area contributed by atoms with Crippen molar-refractivity contribution >= 4 is 35.8 Å². The van der Waals surface area contributed by atoms with Crippen LogP contribution in [0.5, 0.6) is 11.5 Å². The van der Waals surface area contributed by atoms with E-state index in [2.05, 4.69) is 24.0 Å². The van der Waals surface area contributed by atoms with Gasteiger partial charge in [-0.05, 0) is 79.6 Å². The number of hydrogen-bond acceptors (Lipinski definition) is 7. The van der Waals surface area contributed by atoms with Gasteiger partial charge in [0.15, 0.2) is 0 Å². The first-order chi connectivity index (χ1) is 17.6. The minimum atomic E-state index is -0.276. The standard InChI is InChI=1S/C29H32N2O4S/c1-5-35-28(32)21-23(19-20-36-27-9-7-6-8-10-27)29(22-11-15-25(33-3)16-12-22)31(30-2)24-13-17-26(34-4)18-14-24/h6-18H,2,5,19-21H2,1,3-4H3/b29-23+. The summed E-state index contributed by atoms with van der Waals surface area (Å²) in [6.07, 6.45) is 0.800. The molecule has 36 heavy (non-hydrogen) atoms. The molecule has 0 unspecified atom stereocenters. The summed E-state index contributed by atoms with van der Waals surface area (Å²) in [6, 6.07) is 25.5. The fraction of sp³-hybridized carbons (Fsp3) is 0.241. The van der Waals surface area contributed by atoms with Crippen molar-refractivity contribution in [2.24, 2.45) is 5.10 Å². The molecule has 0 spiro atoms. The second-order valence-electron chi connectivity index (χ2n) is 7.73. The Balaban J connectivity index is 2.08. The SMILES string of the molecule is C=NN(/C(=C(\CCSc1ccccc1)CC(=O)OCC)c1ccc(OC)cc1)c1ccc(OC)cc1. The highest BCUT2D eigenvalue weighted by atomic mass is 32.2. The van der Waals surface area contributed by atoms with Gasteiger partial charge in [-0.3, -0.25) is 4.79 Å². The third kappa shape index (κ3) is 7.39. The molecule has 188 valence electrons. The zero-order valence-corrected chi connectivity index (χ0v) is 21.8. The summed E-state index contributed by atoms with van der Waals surface area (Å²) in [5.41, 5.74) is 3.39. The molecule has 7 heteroatoms. The van der Waals surface area contributed by atoms with Crippen LogP contribution in [-0.4, -0.2) is 39.3 Å². The van der Waals surface area contributed by atoms with Gasteiger partial charge in [0.25, 0.3) is 0 Å². The molecule has 0 fully saturated rings. The van der Waals surface area contributed by atoms with E-state index >= 15 is 0 Å². The number of nitrogens with zero attached hydrogens (tertiary/aromatic N) is 2. The Bertz CT molecular complexity index is 1150. The van der Waals surface area contributed by atoms with Crippen LogP contribution in [0, 0.1) is 0 Å². The topological polar surface area (TPSA) is 60.4 Å². The van der Waals surface area contributed by atoms with Crippen LogP contribution in [0.4, 0.5) is 5.69 Å². The van der Waals surface area contributed by atoms with Crippen molar-refractivity contribution in [3.05, 3.63) is 90.0 Å². The zero-order valence-electron chi connectivity index (χ0n) is 21.0. The number of rotatable bonds is 13. The summed E-state index contributed by atoms with van der Waals surface area (Å²) < 4.78 is 16.0. The van der Waals surface area contributed by atoms with Crippen LogP contribution in [0.2, 0.25) is 0 Å². The van der Waals surface area contributed by atoms with E-state index in [4.69, 9.17) is 14.2 Å². The molecule has 0 aliphatic carbocycles. The molecular weight excluding hydrogens is 472 g/mol. The fourth-order valence-electron chi connectivity index (χ4n) is 3.72. The number of carbonyl (C=O) groups excluding carboxylic acids is 1. The van der Waals surface area contributed by atoms with Gasteiger partial charge in [-0.1, -0.05) is 18.2 Å². The van der Waals surface area contributed by atoms with Crippen molar-refractivity contribution in [1.82, 2.24) is 0 Å². The average Bonchev–Trinajstić information content (AvgIpc) is 2.92. The lowest BCUT2D eigenvalue weighted by atomic mass is 10.0. The molecule has 3 aromatic carbocycles. The summed E-state index contributed by atoms with van der Waals surface area (Å²) >= 11 is 1.74. The molecule has 0 radical (unpaired) electrons. The summed E-state index contributed by atoms with van der Waals surface area (Å²) in [5, 5.41) is 6.13. The molecule has 0 aromatic heterocycles. The second kappa shape index (κ2) is 14.0. The Kier molecular flexibility index (Phi) is 10.5. The van der Waals surface area contributed by atoms with E-state index in [1.165, 1.54) is 4.90 Å². The largest absolute Gasteiger partial charge is 0.497 e. The summed E-state index contributed by atoms with van der Waals surface area (Å²) in [4.78, 5) is 13.9. The molecule has 3 rings (SSSR count). The highest BCUT2D eigenvalue weighted by Crippen LogP contribution is 2.35. The maximum Gasteiger partial charge on any atom is 0.309 e. The van der Waals surface area contributed by atoms with Crippen molar-refractivity contribution in [2.75, 3.05) is 31.6 Å². The lowest BCUT2D eigenvalue weighted by Gasteiger charge is -2.26. The maximum absolute atomic E-state index is 12.7. The predicted molar refractivity (Wildman–Crippen MR) is 148 cm³/mol. The monoisotopic (exact) mass is 504 g/mol. The molecule has 0 bridgehead atoms. The van der Waals surface area contributed by atoms with Gasteiger partial charge in [-0.25, -0.2) is 5.01 Å². The lowest BCUT2D eigenvalue weighted by molar-refractivity contribution is -0.142. The van der Waals surface area contributed by atoms with Gasteiger partial charge in [0, 0.05) is 22.9 Å². The van der Waals surface area contributed by atoms with Crippen LogP contribution in [0.25, 0.3) is 5.70 Å². The number of methoxy groups -OCH3 is 2. The third-order valence-corrected chi connectivity index (χ3v) is 6.46. The Labute approximate surface area is 217 Å². The van der Waals surface area contributed by atoms with E-state index in [1.54, 1.807) is 31.0 Å². The highest BCUT2D eigenvalue weighted by Gasteiger charge is 2.21. The Morgan fingerprint density at radius 3 is 2.08 bits per heavy atom. The molecule has 0 N–H and O–H groups in total. The molecule has 0 saturated carbocycles. The number of esters is 1. The molecule has 0 amide bonds. The van der Waals surface area contributed by atoms with Crippen molar-refractivity contribution < 1.29 is 19.0 Å². The van der Waals surface area contributed by atoms with E-state index in [1.807, 2.05) is 73.7 Å². The van der Waals surface area contributed by atoms with Crippen LogP contribution in [0.3, 0.4) is 0 Å². The van der Waals surface area contributed by atoms with Gasteiger partial charge in [0.2, 0.25) is 0 Å². The fourth-order valence-corrected chi connectivity index (χ4v) is 4.65. The number of anilines is 1. The first-order valence-electron chi connectivity index (χ1n) is 11.7. The normalized spacial score (nSPS) is 11.3. The van der Waals surface area contributed by atoms with Crippen molar-refractivity contribution in [1.29, 1.82) is 0 Å². The van der Waals surface area contributed by atoms with Gasteiger partial charge in [-0.2, -0.15) is 5.10 Å². The molecule has 0 aliphatic heterocycles. The van der Waals surface area contributed by atoms with E-state index < -0.39 is 0 Å². The summed E-state index contributed by atoms with van der Waals surface area (Å²) in [6.45, 7) is 5.99. The molecule has 0 atom stereocenters. The maximum atomic E-state index is 12.7. The molecule has 0 aliphatic rings. The van der Waals surface area contributed by atoms with Crippen LogP contribution < -0.4 is 14.5 Å². The van der Waals surface area contributed by atoms with E-state index in [9.17, 15) is 4.79 Å². The Morgan fingerprint density at radius 2 is 1.53 bits per heavy atom. The quantitative estimate of drug-likeness (QED) is 0.112. The van der Waals surface area contributed by atoms with Crippen LogP contribution in [0.15, 0.2) is 94.4 Å². The number of hydrazone groups is 1. The predicted octanol–water partition coefficient (Wildman–Crippen LogP) is 6.67. The van der Waals surface area contributed by atoms with Gasteiger partial charge in [0.1, 0.15) is 11.5 Å². The number of hydrogen-bond donors (Lipinski definition) is 0. The van der Waals surface area contributed by atoms with Gasteiger partial charge in [0.05, 0.1) is 38.6 Å². The zero-order chi connectivity index (χ0) is 25.8. The minimum Gasteiger partial charge on any atom is -0.497 e. The van der Waals surface area contributed by atoms with E-state index in [-0.39, 0.29) is 12.4 Å². The van der Waals surface area contributed by atoms with Crippen molar-refractivity contribution in [3.63, 3.8) is 0 Å². The first kappa shape index (κ1) is 26.9. The Hall–Kier alpha value is -3.71. The Morgan fingerprint density at radius 1 is 0.917 bits per heavy atom. The summed E-state index contributed by atoms with van der Waals surface area (Å²) in [5.74, 6) is 1.99. The van der Waals surface area contributed by atoms with Gasteiger partial charge >= 0.3 is 5.97 Å². The van der Waals surface area contributed by atoms with Crippen LogP contribution in [-0.2, 0) is 9.53 Å². The number of ether oxygens (including phenoxy) is 3. The summed E-state index contributed by atoms with van der Waals surface area (Å²) in [7, 11) is 3.26. The van der Waals surface area contributed by atoms with Gasteiger partial charge in [-0.15, -0.1) is 11.8 Å². The molecule has 0 saturated heterocycles. The van der Waals surface area contributed by atoms with E-state index in [0.29, 0.717) is 13.0 Å². The van der Waals surface area contributed by atoms with Crippen molar-refractivity contribution in [3.8, 4) is 11.5 Å². The van der Waals surface area contributed by atoms with E-state index in [0.717, 1.165) is 39.8 Å². The number of carbonyl (C=O) groups is 1. The second-order valence-corrected chi connectivity index (χ2v) is 8.89. The van der Waals surface area contributed by atoms with Crippen LogP contribution in [0.1, 0.15) is 25.3 Å². The average molecular weight is 505 g/mol. The van der Waals surface area contributed by atoms with Crippen molar-refractivity contribution in [2.45, 2.75) is 24.7 Å². The molecule has 3 aromatic rings. The molecule has 6 nitrogen and oxygen atoms in total. The van der Waals surface area contributed by atoms with Crippen LogP contribution >= 0.6 is 11.8 Å². The first-order valence-corrected chi connectivity index (χ1v) is 12.7. The molecular formula is C29H32N2O4S. The smallest absolute Gasteiger partial charge is 0.309 e. The highest BCUT2D eigenvalue weighted by molar-refractivity contribution is 7.99. The van der Waals surface area contributed by atoms with Gasteiger partial charge < -0.3 is 14.2 Å². The third-order valence-electron chi connectivity index (χ3n) is 5.45. The minimum absolute atomic E-state index is 0.146. The lowest BCUT2D eigenvalue weighted by Crippen LogP contribution is -2.18. The number of benzene rings is 3. The number of thioether (sulfide) groups is 1.